The van der Waals surface area contributed by atoms with Crippen molar-refractivity contribution in [2.45, 2.75) is 36.9 Å². The summed E-state index contributed by atoms with van der Waals surface area (Å²) in [6.45, 7) is 4.69. The summed E-state index contributed by atoms with van der Waals surface area (Å²) < 4.78 is 27.2. The fourth-order valence-corrected chi connectivity index (χ4v) is 5.85. The van der Waals surface area contributed by atoms with Gasteiger partial charge in [0.05, 0.1) is 12.0 Å². The molecule has 1 aromatic carbocycles. The van der Waals surface area contributed by atoms with Crippen LogP contribution in [-0.2, 0) is 14.8 Å². The first-order valence-corrected chi connectivity index (χ1v) is 11.1. The van der Waals surface area contributed by atoms with Crippen LogP contribution in [0.5, 0.6) is 0 Å². The molecule has 1 fully saturated rings. The number of hydrogen-bond donors (Lipinski definition) is 1. The smallest absolute Gasteiger partial charge is 0.252 e. The number of carbonyl (C=O) groups excluding carboxylic acids is 1. The van der Waals surface area contributed by atoms with Crippen LogP contribution in [0.4, 0.5) is 0 Å². The summed E-state index contributed by atoms with van der Waals surface area (Å²) in [5.41, 5.74) is 2.22. The fourth-order valence-electron chi connectivity index (χ4n) is 3.18. The molecular formula is C19H24N2O3S2. The van der Waals surface area contributed by atoms with Gasteiger partial charge in [0.15, 0.2) is 0 Å². The summed E-state index contributed by atoms with van der Waals surface area (Å²) in [5.74, 6) is -0.393. The molecule has 1 aliphatic rings. The van der Waals surface area contributed by atoms with E-state index in [1.807, 2.05) is 38.1 Å². The van der Waals surface area contributed by atoms with Crippen molar-refractivity contribution in [3.8, 4) is 0 Å². The second-order valence-corrected chi connectivity index (χ2v) is 9.89. The zero-order valence-electron chi connectivity index (χ0n) is 15.0. The molecule has 1 aliphatic heterocycles. The molecule has 0 spiro atoms. The van der Waals surface area contributed by atoms with E-state index in [0.29, 0.717) is 23.6 Å². The lowest BCUT2D eigenvalue weighted by molar-refractivity contribution is -0.126. The van der Waals surface area contributed by atoms with Gasteiger partial charge in [-0.2, -0.15) is 4.31 Å². The molecule has 1 N–H and O–H groups in total. The molecule has 2 heterocycles. The van der Waals surface area contributed by atoms with E-state index in [-0.39, 0.29) is 24.4 Å². The van der Waals surface area contributed by atoms with E-state index in [1.165, 1.54) is 21.2 Å². The predicted octanol–water partition coefficient (Wildman–Crippen LogP) is 3.33. The predicted molar refractivity (Wildman–Crippen MR) is 104 cm³/mol. The molecule has 0 saturated carbocycles. The maximum Gasteiger partial charge on any atom is 0.252 e. The lowest BCUT2D eigenvalue weighted by atomic mass is 9.97. The van der Waals surface area contributed by atoms with Crippen LogP contribution in [0.15, 0.2) is 46.0 Å². The molecule has 26 heavy (non-hydrogen) atoms. The summed E-state index contributed by atoms with van der Waals surface area (Å²) >= 11 is 1.21. The molecule has 1 saturated heterocycles. The highest BCUT2D eigenvalue weighted by Gasteiger charge is 2.34. The first-order chi connectivity index (χ1) is 12.4. The van der Waals surface area contributed by atoms with Crippen LogP contribution < -0.4 is 5.32 Å². The largest absolute Gasteiger partial charge is 0.349 e. The minimum absolute atomic E-state index is 0.0795. The first-order valence-electron chi connectivity index (χ1n) is 8.78. The van der Waals surface area contributed by atoms with Crippen molar-refractivity contribution < 1.29 is 13.2 Å². The lowest BCUT2D eigenvalue weighted by Crippen LogP contribution is -2.45. The van der Waals surface area contributed by atoms with Gasteiger partial charge in [-0.15, -0.1) is 11.3 Å². The van der Waals surface area contributed by atoms with E-state index in [1.54, 1.807) is 17.5 Å². The summed E-state index contributed by atoms with van der Waals surface area (Å²) in [5, 5.41) is 4.79. The number of amides is 1. The first kappa shape index (κ1) is 19.1. The molecule has 5 nitrogen and oxygen atoms in total. The van der Waals surface area contributed by atoms with Crippen LogP contribution in [-0.4, -0.2) is 31.7 Å². The van der Waals surface area contributed by atoms with Gasteiger partial charge < -0.3 is 5.32 Å². The van der Waals surface area contributed by atoms with Gasteiger partial charge in [-0.3, -0.25) is 4.79 Å². The number of piperidine rings is 1. The van der Waals surface area contributed by atoms with Crippen LogP contribution in [0.2, 0.25) is 0 Å². The molecule has 2 aromatic rings. The number of aryl methyl sites for hydroxylation is 1. The molecule has 0 radical (unpaired) electrons. The number of thiophene rings is 1. The zero-order chi connectivity index (χ0) is 18.7. The van der Waals surface area contributed by atoms with Gasteiger partial charge in [-0.1, -0.05) is 35.9 Å². The van der Waals surface area contributed by atoms with Crippen LogP contribution >= 0.6 is 11.3 Å². The number of rotatable bonds is 5. The van der Waals surface area contributed by atoms with Crippen molar-refractivity contribution in [2.75, 3.05) is 13.1 Å². The van der Waals surface area contributed by atoms with E-state index in [9.17, 15) is 13.2 Å². The van der Waals surface area contributed by atoms with Crippen molar-refractivity contribution in [3.63, 3.8) is 0 Å². The molecular weight excluding hydrogens is 368 g/mol. The van der Waals surface area contributed by atoms with Gasteiger partial charge in [0.2, 0.25) is 5.91 Å². The summed E-state index contributed by atoms with van der Waals surface area (Å²) in [6, 6.07) is 11.3. The summed E-state index contributed by atoms with van der Waals surface area (Å²) in [4.78, 5) is 12.7. The van der Waals surface area contributed by atoms with Gasteiger partial charge in [0.1, 0.15) is 4.21 Å². The minimum atomic E-state index is -3.50. The Morgan fingerprint density at radius 3 is 2.65 bits per heavy atom. The standard InChI is InChI=1S/C19H24N2O3S2/c1-14-7-9-16(10-8-14)15(2)20-19(22)17-5-3-11-21(13-17)26(23,24)18-6-4-12-25-18/h4,6-10,12,15,17H,3,5,11,13H2,1-2H3,(H,20,22)/t15-,17+/m1/s1. The van der Waals surface area contributed by atoms with Gasteiger partial charge >= 0.3 is 0 Å². The normalized spacial score (nSPS) is 19.8. The molecule has 1 aromatic heterocycles. The number of hydrogen-bond acceptors (Lipinski definition) is 4. The maximum atomic E-state index is 12.7. The third-order valence-corrected chi connectivity index (χ3v) is 8.02. The van der Waals surface area contributed by atoms with Gasteiger partial charge in [-0.05, 0) is 43.7 Å². The van der Waals surface area contributed by atoms with Crippen LogP contribution in [0, 0.1) is 12.8 Å². The SMILES string of the molecule is Cc1ccc([C@@H](C)NC(=O)[C@H]2CCCN(S(=O)(=O)c3cccs3)C2)cc1. The molecule has 0 aliphatic carbocycles. The Morgan fingerprint density at radius 1 is 1.27 bits per heavy atom. The topological polar surface area (TPSA) is 66.5 Å². The van der Waals surface area contributed by atoms with E-state index in [0.717, 1.165) is 5.56 Å². The third-order valence-electron chi connectivity index (χ3n) is 4.78. The van der Waals surface area contributed by atoms with Crippen LogP contribution in [0.25, 0.3) is 0 Å². The Bertz CT molecular complexity index is 845. The molecule has 0 unspecified atom stereocenters. The fraction of sp³-hybridized carbons (Fsp3) is 0.421. The van der Waals surface area contributed by atoms with Crippen molar-refractivity contribution in [2.24, 2.45) is 5.92 Å². The number of nitrogens with one attached hydrogen (secondary N) is 1. The Labute approximate surface area is 159 Å². The molecule has 140 valence electrons. The Balaban J connectivity index is 1.65. The molecule has 2 atom stereocenters. The Morgan fingerprint density at radius 2 is 2.00 bits per heavy atom. The van der Waals surface area contributed by atoms with E-state index < -0.39 is 10.0 Å². The monoisotopic (exact) mass is 392 g/mol. The highest BCUT2D eigenvalue weighted by molar-refractivity contribution is 7.91. The Hall–Kier alpha value is -1.70. The lowest BCUT2D eigenvalue weighted by Gasteiger charge is -2.31. The molecule has 7 heteroatoms. The Kier molecular flexibility index (Phi) is 5.79. The summed E-state index contributed by atoms with van der Waals surface area (Å²) in [6.07, 6.45) is 1.41. The van der Waals surface area contributed by atoms with Crippen molar-refractivity contribution in [1.29, 1.82) is 0 Å². The number of carbonyl (C=O) groups is 1. The van der Waals surface area contributed by atoms with Crippen molar-refractivity contribution >= 4 is 27.3 Å². The zero-order valence-corrected chi connectivity index (χ0v) is 16.6. The number of nitrogens with zero attached hydrogens (tertiary/aromatic N) is 1. The van der Waals surface area contributed by atoms with Crippen molar-refractivity contribution in [3.05, 3.63) is 52.9 Å². The van der Waals surface area contributed by atoms with Gasteiger partial charge in [0, 0.05) is 13.1 Å². The van der Waals surface area contributed by atoms with Crippen molar-refractivity contribution in [1.82, 2.24) is 9.62 Å². The average Bonchev–Trinajstić information content (AvgIpc) is 3.18. The van der Waals surface area contributed by atoms with Gasteiger partial charge in [0.25, 0.3) is 10.0 Å². The van der Waals surface area contributed by atoms with Crippen LogP contribution in [0.3, 0.4) is 0 Å². The molecule has 1 amide bonds. The molecule has 0 bridgehead atoms. The minimum Gasteiger partial charge on any atom is -0.349 e. The molecule has 3 rings (SSSR count). The summed E-state index contributed by atoms with van der Waals surface area (Å²) in [7, 11) is -3.50. The maximum absolute atomic E-state index is 12.7. The quantitative estimate of drug-likeness (QED) is 0.849. The average molecular weight is 393 g/mol. The van der Waals surface area contributed by atoms with Gasteiger partial charge in [-0.25, -0.2) is 8.42 Å². The van der Waals surface area contributed by atoms with E-state index in [2.05, 4.69) is 5.32 Å². The second-order valence-electron chi connectivity index (χ2n) is 6.78. The second kappa shape index (κ2) is 7.90. The van der Waals surface area contributed by atoms with E-state index >= 15 is 0 Å². The highest BCUT2D eigenvalue weighted by Crippen LogP contribution is 2.27. The number of sulfonamides is 1. The van der Waals surface area contributed by atoms with Crippen LogP contribution in [0.1, 0.15) is 36.9 Å². The number of benzene rings is 1. The third kappa shape index (κ3) is 4.16. The van der Waals surface area contributed by atoms with E-state index in [4.69, 9.17) is 0 Å². The highest BCUT2D eigenvalue weighted by atomic mass is 32.2.